The maximum atomic E-state index is 14.4. The van der Waals surface area contributed by atoms with E-state index in [4.69, 9.17) is 4.74 Å². The molecule has 0 aromatic heterocycles. The number of carbonyl (C=O) groups is 2. The largest absolute Gasteiger partial charge is 0.392 e. The first-order valence-electron chi connectivity index (χ1n) is 16.2. The van der Waals surface area contributed by atoms with Crippen molar-refractivity contribution in [3.05, 3.63) is 11.3 Å². The van der Waals surface area contributed by atoms with Gasteiger partial charge in [0, 0.05) is 36.8 Å². The van der Waals surface area contributed by atoms with Crippen LogP contribution in [0.3, 0.4) is 0 Å². The van der Waals surface area contributed by atoms with E-state index >= 15 is 0 Å². The zero-order valence-corrected chi connectivity index (χ0v) is 26.5. The molecule has 0 spiro atoms. The van der Waals surface area contributed by atoms with Gasteiger partial charge in [-0.05, 0) is 80.6 Å². The molecule has 5 rings (SSSR count). The molecule has 0 aromatic carbocycles. The number of Topliss-reactive ketones (excluding diaryl/α,β-unsaturated/α-hetero) is 1. The zero-order chi connectivity index (χ0) is 31.9. The topological polar surface area (TPSA) is 177 Å². The summed E-state index contributed by atoms with van der Waals surface area (Å²) in [6.45, 7) is 11.7. The van der Waals surface area contributed by atoms with Crippen molar-refractivity contribution in [1.29, 1.82) is 0 Å². The molecule has 15 atom stereocenters. The third kappa shape index (κ3) is 4.61. The normalized spacial score (nSPS) is 49.0. The number of aliphatic hydroxyl groups excluding tert-OH is 4. The zero-order valence-electron chi connectivity index (χ0n) is 26.5. The lowest BCUT2D eigenvalue weighted by atomic mass is 9.42. The van der Waals surface area contributed by atoms with Crippen LogP contribution in [0, 0.1) is 46.3 Å². The highest BCUT2D eigenvalue weighted by Gasteiger charge is 2.72. The van der Waals surface area contributed by atoms with Gasteiger partial charge in [0.25, 0.3) is 0 Å². The number of hydrogen-bond acceptors (Lipinski definition) is 10. The molecule has 0 unspecified atom stereocenters. The molecule has 0 radical (unpaired) electrons. The minimum absolute atomic E-state index is 0.0318. The second-order valence-electron chi connectivity index (χ2n) is 15.4. The van der Waals surface area contributed by atoms with Crippen LogP contribution in [-0.2, 0) is 14.3 Å². The van der Waals surface area contributed by atoms with Gasteiger partial charge in [-0.25, -0.2) is 0 Å². The number of carbonyl (C=O) groups excluding carboxylic acids is 2. The van der Waals surface area contributed by atoms with Crippen molar-refractivity contribution in [2.75, 3.05) is 13.2 Å². The van der Waals surface area contributed by atoms with Crippen molar-refractivity contribution in [1.82, 2.24) is 5.32 Å². The fourth-order valence-corrected chi connectivity index (χ4v) is 10.3. The molecular formula is C33H53NO9. The number of nitrogens with one attached hydrogen (secondary N) is 1. The predicted octanol–water partition coefficient (Wildman–Crippen LogP) is 1.09. The first kappa shape index (κ1) is 33.0. The van der Waals surface area contributed by atoms with E-state index in [0.717, 1.165) is 6.29 Å². The average molecular weight is 608 g/mol. The van der Waals surface area contributed by atoms with Crippen molar-refractivity contribution in [3.8, 4) is 0 Å². The second-order valence-corrected chi connectivity index (χ2v) is 15.4. The number of hydrogen-bond donors (Lipinski definition) is 7. The van der Waals surface area contributed by atoms with Gasteiger partial charge in [0.1, 0.15) is 12.4 Å². The van der Waals surface area contributed by atoms with Gasteiger partial charge < -0.3 is 45.5 Å². The van der Waals surface area contributed by atoms with Crippen LogP contribution in [0.15, 0.2) is 11.3 Å². The summed E-state index contributed by atoms with van der Waals surface area (Å²) < 4.78 is 5.94. The van der Waals surface area contributed by atoms with Crippen molar-refractivity contribution in [3.63, 3.8) is 0 Å². The Bertz CT molecular complexity index is 1140. The van der Waals surface area contributed by atoms with Crippen molar-refractivity contribution in [2.45, 2.75) is 122 Å². The minimum atomic E-state index is -1.60. The Morgan fingerprint density at radius 3 is 2.40 bits per heavy atom. The summed E-state index contributed by atoms with van der Waals surface area (Å²) in [7, 11) is 0. The van der Waals surface area contributed by atoms with Crippen molar-refractivity contribution >= 4 is 12.1 Å². The molecule has 7 N–H and O–H groups in total. The van der Waals surface area contributed by atoms with Gasteiger partial charge in [0.05, 0.1) is 41.3 Å². The number of ketones is 1. The quantitative estimate of drug-likeness (QED) is 0.198. The highest BCUT2D eigenvalue weighted by molar-refractivity contribution is 6.00. The predicted molar refractivity (Wildman–Crippen MR) is 157 cm³/mol. The molecule has 3 saturated carbocycles. The molecule has 4 aliphatic carbocycles. The Balaban J connectivity index is 1.62. The van der Waals surface area contributed by atoms with E-state index in [-0.39, 0.29) is 49.1 Å². The lowest BCUT2D eigenvalue weighted by molar-refractivity contribution is -0.201. The summed E-state index contributed by atoms with van der Waals surface area (Å²) in [4.78, 5) is 26.2. The number of aliphatic hydroxyl groups is 6. The number of aldehydes is 1. The molecule has 1 heterocycles. The maximum absolute atomic E-state index is 14.4. The molecule has 5 aliphatic rings. The molecule has 0 bridgehead atoms. The Morgan fingerprint density at radius 2 is 1.81 bits per heavy atom. The van der Waals surface area contributed by atoms with Crippen LogP contribution in [0.25, 0.3) is 0 Å². The van der Waals surface area contributed by atoms with Gasteiger partial charge in [0.2, 0.25) is 0 Å². The Hall–Kier alpha value is -1.40. The maximum Gasteiger partial charge on any atom is 0.182 e. The van der Waals surface area contributed by atoms with Gasteiger partial charge in [-0.1, -0.05) is 27.7 Å². The van der Waals surface area contributed by atoms with Crippen LogP contribution in [0.4, 0.5) is 0 Å². The standard InChI is InChI=1S/C33H53NO9/c1-16-15-43-28(18(16)3)29(40)32(6,41)23-8-11-33(42)24-19(7-10-30(23,33)4)31(5)20(9-12-35)26(38)22(37)13-21(31)27(39)25(24)34-14-17(2)36/h12,16-23,26,28-29,34,36-38,40-42H,7-11,13-15H2,1-6H3/t16-,17+,18+,19+,20-,21+,22-,23+,26+,28-,29-,30-,31+,32-,33-/m1/s1. The van der Waals surface area contributed by atoms with Crippen LogP contribution in [0.1, 0.15) is 80.1 Å². The summed E-state index contributed by atoms with van der Waals surface area (Å²) in [5.41, 5.74) is -4.24. The molecule has 4 fully saturated rings. The molecule has 0 aromatic rings. The van der Waals surface area contributed by atoms with Crippen LogP contribution in [0.2, 0.25) is 0 Å². The fourth-order valence-electron chi connectivity index (χ4n) is 10.3. The number of fused-ring (bicyclic) bond motifs is 5. The van der Waals surface area contributed by atoms with Crippen LogP contribution in [0.5, 0.6) is 0 Å². The third-order valence-electron chi connectivity index (χ3n) is 13.2. The van der Waals surface area contributed by atoms with E-state index in [1.54, 1.807) is 13.8 Å². The van der Waals surface area contributed by atoms with Crippen molar-refractivity contribution < 1.29 is 45.0 Å². The van der Waals surface area contributed by atoms with E-state index in [2.05, 4.69) is 12.2 Å². The summed E-state index contributed by atoms with van der Waals surface area (Å²) >= 11 is 0. The van der Waals surface area contributed by atoms with E-state index in [0.29, 0.717) is 31.4 Å². The Morgan fingerprint density at radius 1 is 1.14 bits per heavy atom. The molecule has 244 valence electrons. The summed E-state index contributed by atoms with van der Waals surface area (Å²) in [6.07, 6.45) is -2.49. The van der Waals surface area contributed by atoms with Gasteiger partial charge >= 0.3 is 0 Å². The molecule has 1 saturated heterocycles. The van der Waals surface area contributed by atoms with Gasteiger partial charge in [-0.2, -0.15) is 0 Å². The highest BCUT2D eigenvalue weighted by Crippen LogP contribution is 2.70. The summed E-state index contributed by atoms with van der Waals surface area (Å²) in [6, 6.07) is 0. The second kappa shape index (κ2) is 11.1. The van der Waals surface area contributed by atoms with Gasteiger partial charge in [-0.15, -0.1) is 0 Å². The Labute approximate surface area is 254 Å². The molecular weight excluding hydrogens is 554 g/mol. The van der Waals surface area contributed by atoms with E-state index in [9.17, 15) is 40.2 Å². The molecule has 10 heteroatoms. The summed E-state index contributed by atoms with van der Waals surface area (Å²) in [5.74, 6) is -2.34. The first-order valence-corrected chi connectivity index (χ1v) is 16.2. The number of ether oxygens (including phenoxy) is 1. The van der Waals surface area contributed by atoms with E-state index in [1.807, 2.05) is 20.8 Å². The Kier molecular flexibility index (Phi) is 8.54. The van der Waals surface area contributed by atoms with Gasteiger partial charge in [0.15, 0.2) is 5.78 Å². The number of rotatable bonds is 8. The smallest absolute Gasteiger partial charge is 0.182 e. The third-order valence-corrected chi connectivity index (χ3v) is 13.2. The summed E-state index contributed by atoms with van der Waals surface area (Å²) in [5, 5.41) is 71.8. The first-order chi connectivity index (χ1) is 20.0. The minimum Gasteiger partial charge on any atom is -0.392 e. The highest BCUT2D eigenvalue weighted by atomic mass is 16.5. The van der Waals surface area contributed by atoms with Crippen LogP contribution >= 0.6 is 0 Å². The van der Waals surface area contributed by atoms with Gasteiger partial charge in [-0.3, -0.25) is 4.79 Å². The number of allylic oxidation sites excluding steroid dienone is 1. The SMILES string of the molecule is C[C@@H]1[C@H]([C@@H](O)[C@](C)(O)[C@H]2CC[C@@]3(O)C4=C(NC[C@H](C)O)C(=O)[C@@H]5C[C@@H](O)[C@@H](O)[C@@H](CC=O)[C@]5(C)[C@H]4CC[C@]23C)OC[C@H]1C. The van der Waals surface area contributed by atoms with Crippen LogP contribution in [-0.4, -0.2) is 97.6 Å². The molecule has 1 aliphatic heterocycles. The lowest BCUT2D eigenvalue weighted by Gasteiger charge is -2.63. The van der Waals surface area contributed by atoms with Crippen molar-refractivity contribution in [2.24, 2.45) is 46.3 Å². The molecule has 0 amide bonds. The van der Waals surface area contributed by atoms with E-state index < -0.39 is 76.2 Å². The average Bonchev–Trinajstić information content (AvgIpc) is 3.42. The molecule has 43 heavy (non-hydrogen) atoms. The monoisotopic (exact) mass is 607 g/mol. The van der Waals surface area contributed by atoms with Crippen LogP contribution < -0.4 is 5.32 Å². The van der Waals surface area contributed by atoms with E-state index in [1.165, 1.54) is 0 Å². The fraction of sp³-hybridized carbons (Fsp3) is 0.879. The lowest BCUT2D eigenvalue weighted by Crippen LogP contribution is -2.67. The molecule has 10 nitrogen and oxygen atoms in total.